The van der Waals surface area contributed by atoms with E-state index >= 15 is 0 Å². The Kier molecular flexibility index (Phi) is 4.80. The topological polar surface area (TPSA) is 46.8 Å². The third kappa shape index (κ3) is 3.26. The third-order valence-electron chi connectivity index (χ3n) is 4.22. The van der Waals surface area contributed by atoms with Crippen molar-refractivity contribution in [3.63, 3.8) is 0 Å². The van der Waals surface area contributed by atoms with Crippen molar-refractivity contribution in [2.75, 3.05) is 17.3 Å². The molecule has 0 saturated heterocycles. The van der Waals surface area contributed by atoms with E-state index < -0.39 is 0 Å². The molecule has 6 heteroatoms. The molecule has 4 rings (SSSR count). The maximum absolute atomic E-state index is 6.06. The van der Waals surface area contributed by atoms with E-state index in [1.807, 2.05) is 59.4 Å². The molecule has 2 aromatic carbocycles. The van der Waals surface area contributed by atoms with Crippen LogP contribution in [0.15, 0.2) is 73.2 Å². The number of benzene rings is 2. The van der Waals surface area contributed by atoms with Crippen molar-refractivity contribution in [3.05, 3.63) is 78.8 Å². The molecule has 0 aliphatic heterocycles. The molecule has 5 nitrogen and oxygen atoms in total. The Bertz CT molecular complexity index is 985. The molecule has 0 bridgehead atoms. The van der Waals surface area contributed by atoms with Gasteiger partial charge in [-0.2, -0.15) is 5.10 Å². The zero-order valence-corrected chi connectivity index (χ0v) is 14.9. The molecular formula is C20H18ClN5. The van der Waals surface area contributed by atoms with Crippen LogP contribution in [-0.2, 0) is 6.54 Å². The van der Waals surface area contributed by atoms with Crippen molar-refractivity contribution in [2.24, 2.45) is 0 Å². The molecule has 130 valence electrons. The summed E-state index contributed by atoms with van der Waals surface area (Å²) >= 11 is 6.06. The van der Waals surface area contributed by atoms with Crippen LogP contribution in [0.25, 0.3) is 16.7 Å². The Hall–Kier alpha value is -2.92. The molecule has 0 amide bonds. The lowest BCUT2D eigenvalue weighted by atomic mass is 10.2. The highest BCUT2D eigenvalue weighted by atomic mass is 35.5. The van der Waals surface area contributed by atoms with Gasteiger partial charge in [0.1, 0.15) is 12.1 Å². The first-order valence-electron chi connectivity index (χ1n) is 8.46. The normalized spacial score (nSPS) is 11.0. The largest absolute Gasteiger partial charge is 0.350 e. The van der Waals surface area contributed by atoms with Crippen LogP contribution in [0.3, 0.4) is 0 Å². The molecule has 2 heterocycles. The van der Waals surface area contributed by atoms with Gasteiger partial charge in [0.2, 0.25) is 0 Å². The Morgan fingerprint density at radius 1 is 0.923 bits per heavy atom. The minimum atomic E-state index is 0.519. The lowest BCUT2D eigenvalue weighted by Crippen LogP contribution is -2.26. The van der Waals surface area contributed by atoms with E-state index in [2.05, 4.69) is 32.1 Å². The monoisotopic (exact) mass is 363 g/mol. The quantitative estimate of drug-likeness (QED) is 0.485. The first-order chi connectivity index (χ1) is 12.9. The Morgan fingerprint density at radius 3 is 2.38 bits per heavy atom. The van der Waals surface area contributed by atoms with Crippen LogP contribution in [0.5, 0.6) is 0 Å². The van der Waals surface area contributed by atoms with E-state index in [1.165, 1.54) is 5.56 Å². The number of aromatic nitrogens is 4. The molecule has 0 fully saturated rings. The fourth-order valence-corrected chi connectivity index (χ4v) is 3.21. The van der Waals surface area contributed by atoms with Crippen molar-refractivity contribution in [1.82, 2.24) is 19.7 Å². The van der Waals surface area contributed by atoms with E-state index in [9.17, 15) is 0 Å². The van der Waals surface area contributed by atoms with Gasteiger partial charge in [-0.15, -0.1) is 11.6 Å². The number of fused-ring (bicyclic) bond motifs is 1. The summed E-state index contributed by atoms with van der Waals surface area (Å²) in [5.74, 6) is 1.37. The van der Waals surface area contributed by atoms with Gasteiger partial charge in [-0.3, -0.25) is 0 Å². The molecule has 0 aliphatic rings. The van der Waals surface area contributed by atoms with E-state index in [1.54, 1.807) is 6.33 Å². The second-order valence-electron chi connectivity index (χ2n) is 5.92. The summed E-state index contributed by atoms with van der Waals surface area (Å²) in [5, 5.41) is 5.44. The average Bonchev–Trinajstić information content (AvgIpc) is 3.13. The number of hydrogen-bond donors (Lipinski definition) is 0. The van der Waals surface area contributed by atoms with E-state index in [0.717, 1.165) is 29.1 Å². The lowest BCUT2D eigenvalue weighted by molar-refractivity contribution is 0.819. The Balaban J connectivity index is 1.76. The van der Waals surface area contributed by atoms with Gasteiger partial charge in [0, 0.05) is 19.0 Å². The summed E-state index contributed by atoms with van der Waals surface area (Å²) in [7, 11) is 0. The zero-order chi connectivity index (χ0) is 17.8. The van der Waals surface area contributed by atoms with Gasteiger partial charge in [0.05, 0.1) is 17.3 Å². The van der Waals surface area contributed by atoms with Crippen molar-refractivity contribution >= 4 is 28.5 Å². The maximum Gasteiger partial charge on any atom is 0.168 e. The maximum atomic E-state index is 6.06. The molecule has 4 aromatic rings. The van der Waals surface area contributed by atoms with Gasteiger partial charge < -0.3 is 4.90 Å². The summed E-state index contributed by atoms with van der Waals surface area (Å²) in [5.41, 5.74) is 2.97. The molecular weight excluding hydrogens is 346 g/mol. The molecule has 0 atom stereocenters. The fraction of sp³-hybridized carbons (Fsp3) is 0.150. The molecule has 0 saturated carbocycles. The highest BCUT2D eigenvalue weighted by Crippen LogP contribution is 2.25. The second kappa shape index (κ2) is 7.54. The predicted molar refractivity (Wildman–Crippen MR) is 105 cm³/mol. The smallest absolute Gasteiger partial charge is 0.168 e. The predicted octanol–water partition coefficient (Wildman–Crippen LogP) is 4.06. The average molecular weight is 364 g/mol. The summed E-state index contributed by atoms with van der Waals surface area (Å²) in [4.78, 5) is 11.2. The van der Waals surface area contributed by atoms with Crippen LogP contribution in [-0.4, -0.2) is 32.2 Å². The third-order valence-corrected chi connectivity index (χ3v) is 4.38. The van der Waals surface area contributed by atoms with Gasteiger partial charge in [0.25, 0.3) is 0 Å². The van der Waals surface area contributed by atoms with Crippen molar-refractivity contribution in [1.29, 1.82) is 0 Å². The van der Waals surface area contributed by atoms with E-state index in [0.29, 0.717) is 12.4 Å². The zero-order valence-electron chi connectivity index (χ0n) is 14.2. The molecule has 26 heavy (non-hydrogen) atoms. The Morgan fingerprint density at radius 2 is 1.65 bits per heavy atom. The van der Waals surface area contributed by atoms with Gasteiger partial charge in [0.15, 0.2) is 5.65 Å². The van der Waals surface area contributed by atoms with Gasteiger partial charge >= 0.3 is 0 Å². The summed E-state index contributed by atoms with van der Waals surface area (Å²) < 4.78 is 1.84. The van der Waals surface area contributed by atoms with Crippen LogP contribution in [0.2, 0.25) is 0 Å². The summed E-state index contributed by atoms with van der Waals surface area (Å²) in [6.45, 7) is 1.43. The fourth-order valence-electron chi connectivity index (χ4n) is 3.01. The minimum absolute atomic E-state index is 0.519. The number of rotatable bonds is 6. The molecule has 0 radical (unpaired) electrons. The number of anilines is 1. The van der Waals surface area contributed by atoms with Gasteiger partial charge in [-0.1, -0.05) is 48.5 Å². The van der Waals surface area contributed by atoms with Crippen molar-refractivity contribution in [3.8, 4) is 5.69 Å². The molecule has 2 aromatic heterocycles. The lowest BCUT2D eigenvalue weighted by Gasteiger charge is -2.23. The van der Waals surface area contributed by atoms with Crippen molar-refractivity contribution < 1.29 is 0 Å². The first kappa shape index (κ1) is 16.5. The van der Waals surface area contributed by atoms with Crippen molar-refractivity contribution in [2.45, 2.75) is 6.54 Å². The Labute approximate surface area is 156 Å². The minimum Gasteiger partial charge on any atom is -0.350 e. The van der Waals surface area contributed by atoms with Crippen LogP contribution in [0.1, 0.15) is 5.56 Å². The highest BCUT2D eigenvalue weighted by molar-refractivity contribution is 6.18. The SMILES string of the molecule is ClCCN(Cc1ccccc1)c1ncnc2c1cnn2-c1ccccc1. The summed E-state index contributed by atoms with van der Waals surface area (Å²) in [6.07, 6.45) is 3.41. The first-order valence-corrected chi connectivity index (χ1v) is 8.99. The van der Waals surface area contributed by atoms with Gasteiger partial charge in [-0.25, -0.2) is 14.6 Å². The standard InChI is InChI=1S/C20H18ClN5/c21-11-12-25(14-16-7-3-1-4-8-16)19-18-13-24-26(20(18)23-15-22-19)17-9-5-2-6-10-17/h1-10,13,15H,11-12,14H2. The van der Waals surface area contributed by atoms with Crippen LogP contribution < -0.4 is 4.90 Å². The summed E-state index contributed by atoms with van der Waals surface area (Å²) in [6, 6.07) is 20.3. The van der Waals surface area contributed by atoms with Crippen LogP contribution in [0.4, 0.5) is 5.82 Å². The number of para-hydroxylation sites is 1. The van der Waals surface area contributed by atoms with Crippen LogP contribution in [0, 0.1) is 0 Å². The van der Waals surface area contributed by atoms with E-state index in [4.69, 9.17) is 11.6 Å². The number of halogens is 1. The number of hydrogen-bond acceptors (Lipinski definition) is 4. The second-order valence-corrected chi connectivity index (χ2v) is 6.30. The van der Waals surface area contributed by atoms with E-state index in [-0.39, 0.29) is 0 Å². The highest BCUT2D eigenvalue weighted by Gasteiger charge is 2.16. The molecule has 0 spiro atoms. The van der Waals surface area contributed by atoms with Gasteiger partial charge in [-0.05, 0) is 17.7 Å². The molecule has 0 N–H and O–H groups in total. The number of alkyl halides is 1. The van der Waals surface area contributed by atoms with Crippen LogP contribution >= 0.6 is 11.6 Å². The number of nitrogens with zero attached hydrogens (tertiary/aromatic N) is 5. The molecule has 0 unspecified atom stereocenters. The molecule has 0 aliphatic carbocycles.